The topological polar surface area (TPSA) is 72.1 Å². The van der Waals surface area contributed by atoms with Crippen LogP contribution in [0.3, 0.4) is 0 Å². The fraction of sp³-hybridized carbons (Fsp3) is 0.227. The summed E-state index contributed by atoms with van der Waals surface area (Å²) in [7, 11) is 0. The molecule has 4 rings (SSSR count). The lowest BCUT2D eigenvalue weighted by atomic mass is 10.1. The average molecular weight is 408 g/mol. The number of amides is 1. The standard InChI is InChI=1S/C22H20N2O4S/c1-3-27-19-11-7-5-9-17(19)23-22-24(14(2)13-29-22)20(25)16-12-15-8-4-6-10-18(15)28-21(16)26/h4-12,14H,3,13H2,1-2H3/t14-/m0/s1. The zero-order valence-corrected chi connectivity index (χ0v) is 16.9. The van der Waals surface area contributed by atoms with Crippen molar-refractivity contribution in [1.82, 2.24) is 4.90 Å². The van der Waals surface area contributed by atoms with Gasteiger partial charge in [0.2, 0.25) is 0 Å². The molecule has 1 aliphatic rings. The highest BCUT2D eigenvalue weighted by molar-refractivity contribution is 8.14. The van der Waals surface area contributed by atoms with Crippen LogP contribution in [0, 0.1) is 0 Å². The van der Waals surface area contributed by atoms with E-state index in [4.69, 9.17) is 9.15 Å². The molecule has 0 N–H and O–H groups in total. The van der Waals surface area contributed by atoms with Crippen LogP contribution in [0.25, 0.3) is 11.0 Å². The zero-order valence-electron chi connectivity index (χ0n) is 16.1. The number of benzene rings is 2. The first-order valence-electron chi connectivity index (χ1n) is 9.38. The van der Waals surface area contributed by atoms with Gasteiger partial charge < -0.3 is 9.15 Å². The minimum atomic E-state index is -0.646. The molecule has 0 spiro atoms. The molecule has 3 aromatic rings. The van der Waals surface area contributed by atoms with E-state index in [1.165, 1.54) is 11.8 Å². The first kappa shape index (κ1) is 19.3. The molecule has 148 valence electrons. The number of ether oxygens (including phenoxy) is 1. The van der Waals surface area contributed by atoms with E-state index in [9.17, 15) is 9.59 Å². The Balaban J connectivity index is 1.74. The third-order valence-electron chi connectivity index (χ3n) is 4.57. The number of hydrogen-bond acceptors (Lipinski definition) is 6. The normalized spacial score (nSPS) is 17.8. The number of nitrogens with zero attached hydrogens (tertiary/aromatic N) is 2. The smallest absolute Gasteiger partial charge is 0.349 e. The third-order valence-corrected chi connectivity index (χ3v) is 5.77. The number of para-hydroxylation sites is 3. The second-order valence-corrected chi connectivity index (χ2v) is 7.60. The average Bonchev–Trinajstić information content (AvgIpc) is 3.08. The molecule has 2 aromatic carbocycles. The Kier molecular flexibility index (Phi) is 5.40. The van der Waals surface area contributed by atoms with Crippen molar-refractivity contribution in [2.75, 3.05) is 12.4 Å². The van der Waals surface area contributed by atoms with Gasteiger partial charge in [-0.05, 0) is 38.1 Å². The number of hydrogen-bond donors (Lipinski definition) is 0. The molecule has 1 aromatic heterocycles. The fourth-order valence-corrected chi connectivity index (χ4v) is 4.28. The van der Waals surface area contributed by atoms with E-state index in [1.807, 2.05) is 50.2 Å². The summed E-state index contributed by atoms with van der Waals surface area (Å²) in [5, 5.41) is 1.25. The number of carbonyl (C=O) groups excluding carboxylic acids is 1. The Labute approximate surface area is 172 Å². The maximum Gasteiger partial charge on any atom is 0.349 e. The predicted molar refractivity (Wildman–Crippen MR) is 115 cm³/mol. The van der Waals surface area contributed by atoms with E-state index in [0.717, 1.165) is 0 Å². The van der Waals surface area contributed by atoms with E-state index in [1.54, 1.807) is 23.1 Å². The molecule has 0 unspecified atom stereocenters. The van der Waals surface area contributed by atoms with Crippen LogP contribution in [0.4, 0.5) is 5.69 Å². The first-order chi connectivity index (χ1) is 14.1. The van der Waals surface area contributed by atoms with Crippen LogP contribution in [0.2, 0.25) is 0 Å². The zero-order chi connectivity index (χ0) is 20.4. The van der Waals surface area contributed by atoms with E-state index in [0.29, 0.717) is 39.9 Å². The lowest BCUT2D eigenvalue weighted by Gasteiger charge is -2.21. The Morgan fingerprint density at radius 1 is 1.24 bits per heavy atom. The molecule has 1 fully saturated rings. The van der Waals surface area contributed by atoms with Crippen molar-refractivity contribution in [3.63, 3.8) is 0 Å². The minimum absolute atomic E-state index is 0.00356. The molecule has 2 heterocycles. The highest BCUT2D eigenvalue weighted by Crippen LogP contribution is 2.33. The molecule has 1 atom stereocenters. The van der Waals surface area contributed by atoms with Crippen molar-refractivity contribution in [3.05, 3.63) is 70.6 Å². The molecule has 1 saturated heterocycles. The number of amidine groups is 1. The number of thioether (sulfide) groups is 1. The Morgan fingerprint density at radius 3 is 2.83 bits per heavy atom. The highest BCUT2D eigenvalue weighted by atomic mass is 32.2. The van der Waals surface area contributed by atoms with Crippen molar-refractivity contribution < 1.29 is 13.9 Å². The van der Waals surface area contributed by atoms with Crippen LogP contribution >= 0.6 is 11.8 Å². The summed E-state index contributed by atoms with van der Waals surface area (Å²) in [6, 6.07) is 16.1. The van der Waals surface area contributed by atoms with E-state index >= 15 is 0 Å². The summed E-state index contributed by atoms with van der Waals surface area (Å²) in [5.41, 5.74) is 0.461. The maximum absolute atomic E-state index is 13.3. The van der Waals surface area contributed by atoms with Gasteiger partial charge in [0.15, 0.2) is 5.17 Å². The first-order valence-corrected chi connectivity index (χ1v) is 10.4. The van der Waals surface area contributed by atoms with Crippen LogP contribution in [0.15, 0.2) is 68.8 Å². The summed E-state index contributed by atoms with van der Waals surface area (Å²) in [4.78, 5) is 32.0. The van der Waals surface area contributed by atoms with Gasteiger partial charge in [-0.25, -0.2) is 9.79 Å². The summed E-state index contributed by atoms with van der Waals surface area (Å²) >= 11 is 1.48. The van der Waals surface area contributed by atoms with Gasteiger partial charge in [0, 0.05) is 17.2 Å². The van der Waals surface area contributed by atoms with Gasteiger partial charge in [0.05, 0.1) is 6.61 Å². The quantitative estimate of drug-likeness (QED) is 0.596. The number of rotatable bonds is 4. The second kappa shape index (κ2) is 8.13. The SMILES string of the molecule is CCOc1ccccc1N=C1SC[C@H](C)N1C(=O)c1cc2ccccc2oc1=O. The molecular weight excluding hydrogens is 388 g/mol. The van der Waals surface area contributed by atoms with Gasteiger partial charge in [-0.2, -0.15) is 0 Å². The molecule has 1 aliphatic heterocycles. The van der Waals surface area contributed by atoms with Crippen molar-refractivity contribution >= 4 is 39.5 Å². The summed E-state index contributed by atoms with van der Waals surface area (Å²) in [6.07, 6.45) is 0. The van der Waals surface area contributed by atoms with Gasteiger partial charge >= 0.3 is 5.63 Å². The van der Waals surface area contributed by atoms with Crippen LogP contribution in [-0.4, -0.2) is 34.4 Å². The Morgan fingerprint density at radius 2 is 2.00 bits per heavy atom. The molecule has 0 bridgehead atoms. The van der Waals surface area contributed by atoms with Crippen LogP contribution < -0.4 is 10.4 Å². The summed E-state index contributed by atoms with van der Waals surface area (Å²) in [5.74, 6) is 0.940. The van der Waals surface area contributed by atoms with Crippen molar-refractivity contribution in [2.24, 2.45) is 4.99 Å². The van der Waals surface area contributed by atoms with Gasteiger partial charge in [0.1, 0.15) is 22.6 Å². The largest absolute Gasteiger partial charge is 0.492 e. The fourth-order valence-electron chi connectivity index (χ4n) is 3.17. The molecule has 6 nitrogen and oxygen atoms in total. The predicted octanol–water partition coefficient (Wildman–Crippen LogP) is 4.46. The number of aliphatic imine (C=N–C) groups is 1. The lowest BCUT2D eigenvalue weighted by Crippen LogP contribution is -2.39. The Hall–Kier alpha value is -3.06. The van der Waals surface area contributed by atoms with Crippen molar-refractivity contribution in [1.29, 1.82) is 0 Å². The van der Waals surface area contributed by atoms with Gasteiger partial charge in [-0.1, -0.05) is 42.1 Å². The van der Waals surface area contributed by atoms with Crippen molar-refractivity contribution in [3.8, 4) is 5.75 Å². The molecule has 0 saturated carbocycles. The second-order valence-electron chi connectivity index (χ2n) is 6.62. The number of carbonyl (C=O) groups is 1. The van der Waals surface area contributed by atoms with Crippen LogP contribution in [0.1, 0.15) is 24.2 Å². The maximum atomic E-state index is 13.3. The van der Waals surface area contributed by atoms with E-state index in [-0.39, 0.29) is 11.6 Å². The Bertz CT molecular complexity index is 1150. The molecule has 0 radical (unpaired) electrons. The third kappa shape index (κ3) is 3.78. The molecule has 1 amide bonds. The summed E-state index contributed by atoms with van der Waals surface area (Å²) in [6.45, 7) is 4.36. The molecule has 7 heteroatoms. The monoisotopic (exact) mass is 408 g/mol. The van der Waals surface area contributed by atoms with Gasteiger partial charge in [0.25, 0.3) is 5.91 Å². The van der Waals surface area contributed by atoms with E-state index < -0.39 is 11.5 Å². The van der Waals surface area contributed by atoms with E-state index in [2.05, 4.69) is 4.99 Å². The summed E-state index contributed by atoms with van der Waals surface area (Å²) < 4.78 is 11.0. The molecule has 29 heavy (non-hydrogen) atoms. The lowest BCUT2D eigenvalue weighted by molar-refractivity contribution is 0.0824. The van der Waals surface area contributed by atoms with Crippen LogP contribution in [-0.2, 0) is 0 Å². The van der Waals surface area contributed by atoms with Crippen molar-refractivity contribution in [2.45, 2.75) is 19.9 Å². The number of fused-ring (bicyclic) bond motifs is 1. The van der Waals surface area contributed by atoms with Gasteiger partial charge in [-0.15, -0.1) is 0 Å². The molecule has 0 aliphatic carbocycles. The van der Waals surface area contributed by atoms with Gasteiger partial charge in [-0.3, -0.25) is 9.69 Å². The van der Waals surface area contributed by atoms with Crippen LogP contribution in [0.5, 0.6) is 5.75 Å². The minimum Gasteiger partial charge on any atom is -0.492 e. The highest BCUT2D eigenvalue weighted by Gasteiger charge is 2.34. The molecular formula is C22H20N2O4S.